The molecule has 0 aliphatic heterocycles. The average Bonchev–Trinajstić information content (AvgIpc) is 2.75. The summed E-state index contributed by atoms with van der Waals surface area (Å²) in [6.45, 7) is 2.23. The molecule has 0 bridgehead atoms. The summed E-state index contributed by atoms with van der Waals surface area (Å²) in [6, 6.07) is 9.89. The topological polar surface area (TPSA) is 118 Å². The van der Waals surface area contributed by atoms with Gasteiger partial charge in [-0.3, -0.25) is 9.11 Å². The third-order valence-corrected chi connectivity index (χ3v) is 7.19. The molecule has 2 aromatic rings. The van der Waals surface area contributed by atoms with Gasteiger partial charge in [0.1, 0.15) is 16.4 Å². The van der Waals surface area contributed by atoms with Crippen LogP contribution in [0.5, 0.6) is 11.5 Å². The van der Waals surface area contributed by atoms with Crippen LogP contribution in [0.25, 0.3) is 0 Å². The van der Waals surface area contributed by atoms with Gasteiger partial charge in [0.15, 0.2) is 0 Å². The van der Waals surface area contributed by atoms with Gasteiger partial charge in [-0.15, -0.1) is 0 Å². The molecule has 7 nitrogen and oxygen atoms in total. The van der Waals surface area contributed by atoms with Crippen molar-refractivity contribution < 1.29 is 30.7 Å². The second-order valence-electron chi connectivity index (χ2n) is 8.24. The summed E-state index contributed by atoms with van der Waals surface area (Å²) in [6.07, 6.45) is 13.7. The second-order valence-corrected chi connectivity index (χ2v) is 11.0. The first kappa shape index (κ1) is 27.3. The fraction of sp³-hybridized carbons (Fsp3) is 0.500. The summed E-state index contributed by atoms with van der Waals surface area (Å²) in [7, 11) is -9.41. The van der Waals surface area contributed by atoms with Gasteiger partial charge in [-0.2, -0.15) is 16.8 Å². The van der Waals surface area contributed by atoms with Crippen LogP contribution in [0.1, 0.15) is 76.7 Å². The van der Waals surface area contributed by atoms with Crippen LogP contribution in [0.2, 0.25) is 0 Å². The Morgan fingerprint density at radius 2 is 1.24 bits per heavy atom. The van der Waals surface area contributed by atoms with Gasteiger partial charge >= 0.3 is 0 Å². The van der Waals surface area contributed by atoms with Crippen molar-refractivity contribution in [3.63, 3.8) is 0 Å². The van der Waals surface area contributed by atoms with Gasteiger partial charge in [-0.05, 0) is 48.7 Å². The monoisotopic (exact) mass is 498 g/mol. The van der Waals surface area contributed by atoms with Crippen LogP contribution in [0.15, 0.2) is 52.3 Å². The number of ether oxygens (including phenoxy) is 1. The molecule has 0 unspecified atom stereocenters. The van der Waals surface area contributed by atoms with Gasteiger partial charge in [0.25, 0.3) is 20.2 Å². The molecule has 33 heavy (non-hydrogen) atoms. The third-order valence-electron chi connectivity index (χ3n) is 5.46. The Morgan fingerprint density at radius 1 is 0.697 bits per heavy atom. The largest absolute Gasteiger partial charge is 0.456 e. The molecule has 0 aromatic heterocycles. The lowest BCUT2D eigenvalue weighted by Crippen LogP contribution is -2.05. The van der Waals surface area contributed by atoms with E-state index in [0.717, 1.165) is 30.5 Å². The molecule has 2 aromatic carbocycles. The van der Waals surface area contributed by atoms with E-state index in [2.05, 4.69) is 6.92 Å². The molecular weight excluding hydrogens is 464 g/mol. The zero-order chi connectivity index (χ0) is 24.3. The van der Waals surface area contributed by atoms with Crippen molar-refractivity contribution in [2.75, 3.05) is 0 Å². The molecule has 0 aliphatic rings. The number of hydrogen-bond donors (Lipinski definition) is 2. The minimum absolute atomic E-state index is 0.243. The van der Waals surface area contributed by atoms with Gasteiger partial charge in [0.05, 0.1) is 4.90 Å². The Hall–Kier alpha value is -1.94. The van der Waals surface area contributed by atoms with Crippen LogP contribution >= 0.6 is 0 Å². The van der Waals surface area contributed by atoms with Gasteiger partial charge in [-0.1, -0.05) is 76.8 Å². The van der Waals surface area contributed by atoms with Crippen molar-refractivity contribution in [3.05, 3.63) is 48.0 Å². The van der Waals surface area contributed by atoms with E-state index in [0.29, 0.717) is 11.8 Å². The Morgan fingerprint density at radius 3 is 1.76 bits per heavy atom. The van der Waals surface area contributed by atoms with E-state index in [9.17, 15) is 21.4 Å². The minimum atomic E-state index is -4.77. The highest BCUT2D eigenvalue weighted by atomic mass is 32.2. The fourth-order valence-corrected chi connectivity index (χ4v) is 4.82. The lowest BCUT2D eigenvalue weighted by atomic mass is 10.0. The third kappa shape index (κ3) is 9.83. The second kappa shape index (κ2) is 13.1. The van der Waals surface area contributed by atoms with E-state index in [-0.39, 0.29) is 5.75 Å². The summed E-state index contributed by atoms with van der Waals surface area (Å²) in [4.78, 5) is -1.40. The number of aryl methyl sites for hydroxylation is 1. The average molecular weight is 499 g/mol. The molecule has 0 amide bonds. The summed E-state index contributed by atoms with van der Waals surface area (Å²) in [5.74, 6) is 0.0960. The first-order valence-corrected chi connectivity index (χ1v) is 14.3. The summed E-state index contributed by atoms with van der Waals surface area (Å²) >= 11 is 0. The zero-order valence-electron chi connectivity index (χ0n) is 19.1. The predicted octanol–water partition coefficient (Wildman–Crippen LogP) is 6.44. The summed E-state index contributed by atoms with van der Waals surface area (Å²) < 4.78 is 69.9. The minimum Gasteiger partial charge on any atom is -0.456 e. The molecule has 0 aliphatic carbocycles. The smallest absolute Gasteiger partial charge is 0.298 e. The fourth-order valence-electron chi connectivity index (χ4n) is 3.60. The molecule has 9 heteroatoms. The van der Waals surface area contributed by atoms with Gasteiger partial charge in [0, 0.05) is 0 Å². The Bertz CT molecular complexity index is 1080. The standard InChI is InChI=1S/C24H34O7S2/c1-2-3-4-5-6-7-8-9-10-11-12-20-13-15-21(16-14-20)31-23-18-17-22(32(25,26)27)19-24(23)33(28,29)30/h13-19H,2-12H2,1H3,(H,25,26,27)(H,28,29,30). The molecule has 0 spiro atoms. The molecule has 0 atom stereocenters. The van der Waals surface area contributed by atoms with Crippen LogP contribution in [-0.2, 0) is 26.7 Å². The molecular formula is C24H34O7S2. The van der Waals surface area contributed by atoms with Gasteiger partial charge < -0.3 is 4.74 Å². The highest BCUT2D eigenvalue weighted by molar-refractivity contribution is 7.86. The normalized spacial score (nSPS) is 12.1. The van der Waals surface area contributed by atoms with E-state index >= 15 is 0 Å². The molecule has 0 heterocycles. The van der Waals surface area contributed by atoms with E-state index in [1.54, 1.807) is 12.1 Å². The van der Waals surface area contributed by atoms with Crippen molar-refractivity contribution in [2.24, 2.45) is 0 Å². The molecule has 2 rings (SSSR count). The maximum Gasteiger partial charge on any atom is 0.298 e. The SMILES string of the molecule is CCCCCCCCCCCCc1ccc(Oc2ccc(S(=O)(=O)O)cc2S(=O)(=O)O)cc1. The molecule has 0 radical (unpaired) electrons. The first-order chi connectivity index (χ1) is 15.6. The molecule has 0 saturated heterocycles. The molecule has 0 saturated carbocycles. The molecule has 184 valence electrons. The van der Waals surface area contributed by atoms with Crippen molar-refractivity contribution in [3.8, 4) is 11.5 Å². The van der Waals surface area contributed by atoms with Crippen LogP contribution < -0.4 is 4.74 Å². The summed E-state index contributed by atoms with van der Waals surface area (Å²) in [5.41, 5.74) is 1.14. The van der Waals surface area contributed by atoms with E-state index in [1.165, 1.54) is 57.8 Å². The van der Waals surface area contributed by atoms with Crippen LogP contribution in [0.4, 0.5) is 0 Å². The quantitative estimate of drug-likeness (QED) is 0.214. The van der Waals surface area contributed by atoms with Crippen molar-refractivity contribution in [1.82, 2.24) is 0 Å². The van der Waals surface area contributed by atoms with E-state index in [1.807, 2.05) is 12.1 Å². The Kier molecular flexibility index (Phi) is 10.8. The Balaban J connectivity index is 1.85. The first-order valence-electron chi connectivity index (χ1n) is 11.5. The summed E-state index contributed by atoms with van der Waals surface area (Å²) in [5, 5.41) is 0. The number of unbranched alkanes of at least 4 members (excludes halogenated alkanes) is 9. The van der Waals surface area contributed by atoms with Crippen molar-refractivity contribution in [2.45, 2.75) is 87.3 Å². The van der Waals surface area contributed by atoms with Gasteiger partial charge in [-0.25, -0.2) is 0 Å². The maximum absolute atomic E-state index is 11.6. The van der Waals surface area contributed by atoms with Crippen LogP contribution in [-0.4, -0.2) is 25.9 Å². The van der Waals surface area contributed by atoms with Crippen molar-refractivity contribution >= 4 is 20.2 Å². The number of rotatable bonds is 15. The predicted molar refractivity (Wildman–Crippen MR) is 128 cm³/mol. The number of hydrogen-bond acceptors (Lipinski definition) is 5. The van der Waals surface area contributed by atoms with E-state index < -0.39 is 30.0 Å². The van der Waals surface area contributed by atoms with Gasteiger partial charge in [0.2, 0.25) is 0 Å². The van der Waals surface area contributed by atoms with Crippen LogP contribution in [0, 0.1) is 0 Å². The molecule has 2 N–H and O–H groups in total. The highest BCUT2D eigenvalue weighted by Crippen LogP contribution is 2.31. The molecule has 0 fully saturated rings. The Labute approximate surface area is 197 Å². The maximum atomic E-state index is 11.6. The highest BCUT2D eigenvalue weighted by Gasteiger charge is 2.22. The van der Waals surface area contributed by atoms with E-state index in [4.69, 9.17) is 9.29 Å². The van der Waals surface area contributed by atoms with Crippen molar-refractivity contribution in [1.29, 1.82) is 0 Å². The lowest BCUT2D eigenvalue weighted by Gasteiger charge is -2.11. The lowest BCUT2D eigenvalue weighted by molar-refractivity contribution is 0.448. The number of benzene rings is 2. The van der Waals surface area contributed by atoms with Crippen LogP contribution in [0.3, 0.4) is 0 Å². The zero-order valence-corrected chi connectivity index (χ0v) is 20.7.